The van der Waals surface area contributed by atoms with Gasteiger partial charge in [-0.1, -0.05) is 0 Å². The van der Waals surface area contributed by atoms with Gasteiger partial charge in [-0.05, 0) is 13.0 Å². The number of aromatic nitrogens is 1. The summed E-state index contributed by atoms with van der Waals surface area (Å²) < 4.78 is 1.54. The third kappa shape index (κ3) is 1.09. The molecule has 0 aromatic carbocycles. The minimum atomic E-state index is 0.0208. The second-order valence-corrected chi connectivity index (χ2v) is 2.72. The fraction of sp³-hybridized carbons (Fsp3) is 0.286. The molecule has 0 amide bonds. The van der Waals surface area contributed by atoms with Crippen molar-refractivity contribution in [3.63, 3.8) is 0 Å². The van der Waals surface area contributed by atoms with Crippen molar-refractivity contribution in [3.8, 4) is 0 Å². The third-order valence-electron chi connectivity index (χ3n) is 1.48. The summed E-state index contributed by atoms with van der Waals surface area (Å²) in [4.78, 5) is 11.9. The van der Waals surface area contributed by atoms with Gasteiger partial charge in [0, 0.05) is 23.7 Å². The van der Waals surface area contributed by atoms with E-state index in [0.717, 1.165) is 4.90 Å². The Kier molecular flexibility index (Phi) is 1.85. The van der Waals surface area contributed by atoms with Crippen LogP contribution < -0.4 is 5.56 Å². The topological polar surface area (TPSA) is 22.0 Å². The van der Waals surface area contributed by atoms with E-state index in [2.05, 4.69) is 12.6 Å². The average Bonchev–Trinajstić information content (AvgIpc) is 1.93. The van der Waals surface area contributed by atoms with Crippen LogP contribution in [-0.4, -0.2) is 4.57 Å². The van der Waals surface area contributed by atoms with Gasteiger partial charge in [-0.15, -0.1) is 12.6 Å². The van der Waals surface area contributed by atoms with Crippen molar-refractivity contribution in [1.29, 1.82) is 0 Å². The van der Waals surface area contributed by atoms with Crippen molar-refractivity contribution >= 4 is 12.6 Å². The van der Waals surface area contributed by atoms with Gasteiger partial charge >= 0.3 is 0 Å². The third-order valence-corrected chi connectivity index (χ3v) is 1.97. The zero-order chi connectivity index (χ0) is 7.72. The highest BCUT2D eigenvalue weighted by molar-refractivity contribution is 7.80. The van der Waals surface area contributed by atoms with Crippen molar-refractivity contribution in [2.75, 3.05) is 0 Å². The van der Waals surface area contributed by atoms with Crippen LogP contribution in [-0.2, 0) is 7.05 Å². The largest absolute Gasteiger partial charge is 0.318 e. The fourth-order valence-electron chi connectivity index (χ4n) is 0.749. The molecule has 0 radical (unpaired) electrons. The highest BCUT2D eigenvalue weighted by Crippen LogP contribution is 2.05. The molecule has 0 atom stereocenters. The molecule has 0 fully saturated rings. The molecule has 0 spiro atoms. The Bertz CT molecular complexity index is 303. The normalized spacial score (nSPS) is 9.90. The predicted molar refractivity (Wildman–Crippen MR) is 43.7 cm³/mol. The number of pyridine rings is 1. The summed E-state index contributed by atoms with van der Waals surface area (Å²) in [6.07, 6.45) is 1.71. The molecule has 1 aromatic heterocycles. The molecule has 0 aliphatic rings. The highest BCUT2D eigenvalue weighted by Gasteiger charge is 1.97. The van der Waals surface area contributed by atoms with Gasteiger partial charge in [0.2, 0.25) is 0 Å². The second-order valence-electron chi connectivity index (χ2n) is 2.24. The summed E-state index contributed by atoms with van der Waals surface area (Å²) >= 11 is 4.10. The number of aryl methyl sites for hydroxylation is 1. The molecule has 0 unspecified atom stereocenters. The summed E-state index contributed by atoms with van der Waals surface area (Å²) in [7, 11) is 1.72. The van der Waals surface area contributed by atoms with Crippen LogP contribution in [0.25, 0.3) is 0 Å². The lowest BCUT2D eigenvalue weighted by molar-refractivity contribution is 0.835. The van der Waals surface area contributed by atoms with E-state index in [4.69, 9.17) is 0 Å². The van der Waals surface area contributed by atoms with Gasteiger partial charge in [-0.25, -0.2) is 0 Å². The van der Waals surface area contributed by atoms with Crippen LogP contribution >= 0.6 is 12.6 Å². The Hall–Kier alpha value is -0.700. The molecule has 1 aromatic rings. The average molecular weight is 155 g/mol. The van der Waals surface area contributed by atoms with Crippen LogP contribution in [0.2, 0.25) is 0 Å². The quantitative estimate of drug-likeness (QED) is 0.554. The Morgan fingerprint density at radius 1 is 1.60 bits per heavy atom. The number of rotatable bonds is 0. The lowest BCUT2D eigenvalue weighted by Crippen LogP contribution is -2.18. The van der Waals surface area contributed by atoms with E-state index >= 15 is 0 Å². The molecule has 1 rings (SSSR count). The monoisotopic (exact) mass is 155 g/mol. The van der Waals surface area contributed by atoms with E-state index in [9.17, 15) is 4.79 Å². The Labute approximate surface area is 64.9 Å². The van der Waals surface area contributed by atoms with Gasteiger partial charge in [0.05, 0.1) is 0 Å². The molecule has 0 aliphatic carbocycles. The van der Waals surface area contributed by atoms with Crippen LogP contribution in [0.4, 0.5) is 0 Å². The molecule has 0 bridgehead atoms. The van der Waals surface area contributed by atoms with Crippen LogP contribution in [0, 0.1) is 6.92 Å². The van der Waals surface area contributed by atoms with E-state index in [1.165, 1.54) is 4.57 Å². The smallest absolute Gasteiger partial charge is 0.254 e. The van der Waals surface area contributed by atoms with Gasteiger partial charge in [0.1, 0.15) is 0 Å². The van der Waals surface area contributed by atoms with E-state index in [1.54, 1.807) is 26.2 Å². The Morgan fingerprint density at radius 3 is 2.70 bits per heavy atom. The van der Waals surface area contributed by atoms with Crippen molar-refractivity contribution in [3.05, 3.63) is 28.2 Å². The minimum Gasteiger partial charge on any atom is -0.318 e. The van der Waals surface area contributed by atoms with Crippen molar-refractivity contribution in [1.82, 2.24) is 4.57 Å². The van der Waals surface area contributed by atoms with Crippen LogP contribution in [0.1, 0.15) is 5.56 Å². The maximum absolute atomic E-state index is 11.1. The van der Waals surface area contributed by atoms with Gasteiger partial charge < -0.3 is 4.57 Å². The van der Waals surface area contributed by atoms with Crippen molar-refractivity contribution in [2.45, 2.75) is 11.8 Å². The molecule has 0 saturated heterocycles. The zero-order valence-electron chi connectivity index (χ0n) is 5.96. The van der Waals surface area contributed by atoms with Crippen molar-refractivity contribution in [2.24, 2.45) is 7.05 Å². The van der Waals surface area contributed by atoms with Gasteiger partial charge in [-0.2, -0.15) is 0 Å². The first-order chi connectivity index (χ1) is 4.63. The molecule has 3 heteroatoms. The first kappa shape index (κ1) is 7.41. The van der Waals surface area contributed by atoms with Crippen molar-refractivity contribution < 1.29 is 0 Å². The van der Waals surface area contributed by atoms with Gasteiger partial charge in [0.15, 0.2) is 0 Å². The maximum atomic E-state index is 11.1. The molecule has 0 aliphatic heterocycles. The van der Waals surface area contributed by atoms with Crippen LogP contribution in [0.15, 0.2) is 22.0 Å². The van der Waals surface area contributed by atoms with Crippen LogP contribution in [0.3, 0.4) is 0 Å². The summed E-state index contributed by atoms with van der Waals surface area (Å²) in [6, 6.07) is 1.81. The standard InChI is InChI=1S/C7H9NOS/c1-5-6(10)3-4-8(2)7(5)9/h3-4,10H,1-2H3. The summed E-state index contributed by atoms with van der Waals surface area (Å²) in [5.41, 5.74) is 0.723. The van der Waals surface area contributed by atoms with Gasteiger partial charge in [-0.3, -0.25) is 4.79 Å². The molecule has 54 valence electrons. The van der Waals surface area contributed by atoms with E-state index in [-0.39, 0.29) is 5.56 Å². The number of nitrogens with zero attached hydrogens (tertiary/aromatic N) is 1. The molecule has 0 saturated carbocycles. The molecule has 2 nitrogen and oxygen atoms in total. The van der Waals surface area contributed by atoms with E-state index < -0.39 is 0 Å². The second kappa shape index (κ2) is 2.50. The first-order valence-corrected chi connectivity index (χ1v) is 3.43. The molecular formula is C7H9NOS. The number of hydrogen-bond acceptors (Lipinski definition) is 2. The SMILES string of the molecule is Cc1c(S)ccn(C)c1=O. The van der Waals surface area contributed by atoms with Gasteiger partial charge in [0.25, 0.3) is 5.56 Å². The molecule has 0 N–H and O–H groups in total. The maximum Gasteiger partial charge on any atom is 0.254 e. The number of hydrogen-bond donors (Lipinski definition) is 1. The Morgan fingerprint density at radius 2 is 2.20 bits per heavy atom. The van der Waals surface area contributed by atoms with E-state index in [1.807, 2.05) is 0 Å². The minimum absolute atomic E-state index is 0.0208. The molecule has 1 heterocycles. The lowest BCUT2D eigenvalue weighted by Gasteiger charge is -1.99. The summed E-state index contributed by atoms with van der Waals surface area (Å²) in [5.74, 6) is 0. The summed E-state index contributed by atoms with van der Waals surface area (Å²) in [5, 5.41) is 0. The first-order valence-electron chi connectivity index (χ1n) is 2.98. The highest BCUT2D eigenvalue weighted by atomic mass is 32.1. The summed E-state index contributed by atoms with van der Waals surface area (Å²) in [6.45, 7) is 1.77. The predicted octanol–water partition coefficient (Wildman–Crippen LogP) is 0.982. The Balaban J connectivity index is 3.50. The van der Waals surface area contributed by atoms with E-state index in [0.29, 0.717) is 5.56 Å². The fourth-order valence-corrected chi connectivity index (χ4v) is 0.912. The zero-order valence-corrected chi connectivity index (χ0v) is 6.85. The number of thiol groups is 1. The lowest BCUT2D eigenvalue weighted by atomic mass is 10.3. The van der Waals surface area contributed by atoms with Crippen LogP contribution in [0.5, 0.6) is 0 Å². The molecule has 10 heavy (non-hydrogen) atoms. The molecular weight excluding hydrogens is 146 g/mol.